The molecule has 4 rings (SSSR count). The van der Waals surface area contributed by atoms with E-state index in [4.69, 9.17) is 9.15 Å². The van der Waals surface area contributed by atoms with Crippen LogP contribution in [0.15, 0.2) is 57.7 Å². The highest BCUT2D eigenvalue weighted by Gasteiger charge is 2.11. The highest BCUT2D eigenvalue weighted by atomic mass is 16.5. The van der Waals surface area contributed by atoms with Crippen LogP contribution in [0.25, 0.3) is 11.0 Å². The van der Waals surface area contributed by atoms with Gasteiger partial charge in [-0.1, -0.05) is 18.6 Å². The molecule has 1 N–H and O–H groups in total. The summed E-state index contributed by atoms with van der Waals surface area (Å²) in [6.45, 7) is 5.00. The largest absolute Gasteiger partial charge is 0.484 e. The van der Waals surface area contributed by atoms with Crippen LogP contribution in [0.5, 0.6) is 5.75 Å². The number of rotatable bonds is 6. The van der Waals surface area contributed by atoms with Crippen molar-refractivity contribution >= 4 is 22.6 Å². The fourth-order valence-electron chi connectivity index (χ4n) is 3.81. The Labute approximate surface area is 175 Å². The van der Waals surface area contributed by atoms with Crippen molar-refractivity contribution in [3.05, 3.63) is 70.1 Å². The standard InChI is InChI=1S/C24H26N2O4/c1-17-13-24(28)30-22-14-20(9-10-21(17)22)29-16-23(27)25-19-7-5-18(6-8-19)15-26-11-3-2-4-12-26/h5-10,13-14H,2-4,11-12,15-16H2,1H3,(H,25,27). The molecule has 6 heteroatoms. The second-order valence-electron chi connectivity index (χ2n) is 7.78. The molecule has 0 aliphatic carbocycles. The van der Waals surface area contributed by atoms with Gasteiger partial charge in [-0.15, -0.1) is 0 Å². The van der Waals surface area contributed by atoms with Gasteiger partial charge in [0, 0.05) is 29.8 Å². The molecule has 6 nitrogen and oxygen atoms in total. The molecule has 1 fully saturated rings. The Morgan fingerprint density at radius 2 is 1.83 bits per heavy atom. The zero-order valence-corrected chi connectivity index (χ0v) is 17.1. The van der Waals surface area contributed by atoms with Crippen LogP contribution in [0.2, 0.25) is 0 Å². The van der Waals surface area contributed by atoms with Crippen LogP contribution in [0, 0.1) is 6.92 Å². The van der Waals surface area contributed by atoms with Crippen LogP contribution in [0.4, 0.5) is 5.69 Å². The van der Waals surface area contributed by atoms with Crippen molar-refractivity contribution in [1.82, 2.24) is 4.90 Å². The van der Waals surface area contributed by atoms with Crippen LogP contribution in [-0.4, -0.2) is 30.5 Å². The quantitative estimate of drug-likeness (QED) is 0.624. The Hall–Kier alpha value is -3.12. The highest BCUT2D eigenvalue weighted by molar-refractivity contribution is 5.92. The van der Waals surface area contributed by atoms with E-state index in [9.17, 15) is 9.59 Å². The predicted molar refractivity (Wildman–Crippen MR) is 117 cm³/mol. The lowest BCUT2D eigenvalue weighted by atomic mass is 10.1. The molecule has 0 unspecified atom stereocenters. The number of anilines is 1. The SMILES string of the molecule is Cc1cc(=O)oc2cc(OCC(=O)Nc3ccc(CN4CCCCC4)cc3)ccc12. The van der Waals surface area contributed by atoms with Crippen LogP contribution < -0.4 is 15.7 Å². The number of fused-ring (bicyclic) bond motifs is 1. The topological polar surface area (TPSA) is 71.8 Å². The maximum absolute atomic E-state index is 12.2. The van der Waals surface area contributed by atoms with Gasteiger partial charge >= 0.3 is 5.63 Å². The third kappa shape index (κ3) is 5.07. The predicted octanol–water partition coefficient (Wildman–Crippen LogP) is 4.10. The van der Waals surface area contributed by atoms with Gasteiger partial charge < -0.3 is 14.5 Å². The minimum atomic E-state index is -0.404. The van der Waals surface area contributed by atoms with Crippen molar-refractivity contribution in [2.75, 3.05) is 25.0 Å². The van der Waals surface area contributed by atoms with Crippen molar-refractivity contribution in [1.29, 1.82) is 0 Å². The van der Waals surface area contributed by atoms with Crippen LogP contribution >= 0.6 is 0 Å². The Bertz CT molecular complexity index is 1080. The monoisotopic (exact) mass is 406 g/mol. The number of benzene rings is 2. The molecule has 1 amide bonds. The Kier molecular flexibility index (Phi) is 6.14. The summed E-state index contributed by atoms with van der Waals surface area (Å²) in [5, 5.41) is 3.69. The summed E-state index contributed by atoms with van der Waals surface area (Å²) in [5.74, 6) is 0.229. The van der Waals surface area contributed by atoms with Crippen molar-refractivity contribution in [3.63, 3.8) is 0 Å². The molecular formula is C24H26N2O4. The number of nitrogens with one attached hydrogen (secondary N) is 1. The lowest BCUT2D eigenvalue weighted by Gasteiger charge is -2.26. The smallest absolute Gasteiger partial charge is 0.336 e. The van der Waals surface area contributed by atoms with E-state index in [1.807, 2.05) is 25.1 Å². The first-order chi connectivity index (χ1) is 14.6. The number of hydrogen-bond donors (Lipinski definition) is 1. The van der Waals surface area contributed by atoms with Crippen molar-refractivity contribution in [2.24, 2.45) is 0 Å². The van der Waals surface area contributed by atoms with E-state index in [0.29, 0.717) is 11.3 Å². The minimum Gasteiger partial charge on any atom is -0.484 e. The third-order valence-electron chi connectivity index (χ3n) is 5.39. The molecule has 30 heavy (non-hydrogen) atoms. The lowest BCUT2D eigenvalue weighted by Crippen LogP contribution is -2.29. The molecule has 1 aliphatic heterocycles. The van der Waals surface area contributed by atoms with E-state index < -0.39 is 5.63 Å². The number of ether oxygens (including phenoxy) is 1. The number of carbonyl (C=O) groups excluding carboxylic acids is 1. The molecule has 1 saturated heterocycles. The number of piperidine rings is 1. The van der Waals surface area contributed by atoms with E-state index in [2.05, 4.69) is 22.3 Å². The molecule has 1 aromatic heterocycles. The second-order valence-corrected chi connectivity index (χ2v) is 7.78. The number of likely N-dealkylation sites (tertiary alicyclic amines) is 1. The van der Waals surface area contributed by atoms with Gasteiger partial charge in [0.15, 0.2) is 6.61 Å². The van der Waals surface area contributed by atoms with Gasteiger partial charge in [0.25, 0.3) is 5.91 Å². The highest BCUT2D eigenvalue weighted by Crippen LogP contribution is 2.22. The normalized spacial score (nSPS) is 14.6. The summed E-state index contributed by atoms with van der Waals surface area (Å²) in [6, 6.07) is 14.6. The average Bonchev–Trinajstić information content (AvgIpc) is 2.74. The van der Waals surface area contributed by atoms with Gasteiger partial charge in [0.05, 0.1) is 0 Å². The molecule has 0 bridgehead atoms. The molecule has 3 aromatic rings. The fraction of sp³-hybridized carbons (Fsp3) is 0.333. The maximum atomic E-state index is 12.2. The summed E-state index contributed by atoms with van der Waals surface area (Å²) in [7, 11) is 0. The maximum Gasteiger partial charge on any atom is 0.336 e. The Morgan fingerprint density at radius 1 is 1.07 bits per heavy atom. The number of hydrogen-bond acceptors (Lipinski definition) is 5. The summed E-state index contributed by atoms with van der Waals surface area (Å²) in [5.41, 5.74) is 2.88. The van der Waals surface area contributed by atoms with E-state index in [-0.39, 0.29) is 12.5 Å². The molecule has 0 spiro atoms. The van der Waals surface area contributed by atoms with Crippen molar-refractivity contribution in [3.8, 4) is 5.75 Å². The number of amides is 1. The summed E-state index contributed by atoms with van der Waals surface area (Å²) in [4.78, 5) is 26.3. The van der Waals surface area contributed by atoms with E-state index >= 15 is 0 Å². The third-order valence-corrected chi connectivity index (χ3v) is 5.39. The molecule has 0 radical (unpaired) electrons. The van der Waals surface area contributed by atoms with Gasteiger partial charge in [-0.3, -0.25) is 9.69 Å². The second kappa shape index (κ2) is 9.13. The molecular weight excluding hydrogens is 380 g/mol. The van der Waals surface area contributed by atoms with Crippen molar-refractivity contribution in [2.45, 2.75) is 32.7 Å². The summed E-state index contributed by atoms with van der Waals surface area (Å²) in [6.07, 6.45) is 3.88. The van der Waals surface area contributed by atoms with Gasteiger partial charge in [-0.2, -0.15) is 0 Å². The van der Waals surface area contributed by atoms with Gasteiger partial charge in [-0.25, -0.2) is 4.79 Å². The van der Waals surface area contributed by atoms with Crippen LogP contribution in [-0.2, 0) is 11.3 Å². The Balaban J connectivity index is 1.31. The van der Waals surface area contributed by atoms with E-state index in [1.165, 1.54) is 30.9 Å². The lowest BCUT2D eigenvalue weighted by molar-refractivity contribution is -0.118. The van der Waals surface area contributed by atoms with Gasteiger partial charge in [0.2, 0.25) is 0 Å². The van der Waals surface area contributed by atoms with Gasteiger partial charge in [-0.05, 0) is 68.2 Å². The molecule has 1 aliphatic rings. The zero-order valence-electron chi connectivity index (χ0n) is 17.1. The summed E-state index contributed by atoms with van der Waals surface area (Å²) >= 11 is 0. The molecule has 156 valence electrons. The average molecular weight is 406 g/mol. The first-order valence-corrected chi connectivity index (χ1v) is 10.4. The number of aryl methyl sites for hydroxylation is 1. The molecule has 0 saturated carbocycles. The first kappa shape index (κ1) is 20.2. The van der Waals surface area contributed by atoms with Crippen LogP contribution in [0.1, 0.15) is 30.4 Å². The van der Waals surface area contributed by atoms with Crippen molar-refractivity contribution < 1.29 is 13.9 Å². The number of nitrogens with zero attached hydrogens (tertiary/aromatic N) is 1. The molecule has 2 aromatic carbocycles. The first-order valence-electron chi connectivity index (χ1n) is 10.4. The zero-order chi connectivity index (χ0) is 20.9. The molecule has 0 atom stereocenters. The Morgan fingerprint density at radius 3 is 2.60 bits per heavy atom. The number of carbonyl (C=O) groups is 1. The van der Waals surface area contributed by atoms with Gasteiger partial charge in [0.1, 0.15) is 11.3 Å². The van der Waals surface area contributed by atoms with E-state index in [1.54, 1.807) is 12.1 Å². The van der Waals surface area contributed by atoms with E-state index in [0.717, 1.165) is 36.3 Å². The minimum absolute atomic E-state index is 0.128. The van der Waals surface area contributed by atoms with Crippen LogP contribution in [0.3, 0.4) is 0 Å². The fourth-order valence-corrected chi connectivity index (χ4v) is 3.81. The molecule has 2 heterocycles. The summed E-state index contributed by atoms with van der Waals surface area (Å²) < 4.78 is 10.8.